The maximum Gasteiger partial charge on any atom is 0.243 e. The van der Waals surface area contributed by atoms with Crippen LogP contribution in [-0.2, 0) is 14.8 Å². The van der Waals surface area contributed by atoms with Gasteiger partial charge >= 0.3 is 0 Å². The molecule has 0 aliphatic carbocycles. The molecule has 1 atom stereocenters. The van der Waals surface area contributed by atoms with Gasteiger partial charge in [0.25, 0.3) is 0 Å². The lowest BCUT2D eigenvalue weighted by molar-refractivity contribution is -0.126. The van der Waals surface area contributed by atoms with E-state index in [1.807, 2.05) is 26.0 Å². The first-order valence-electron chi connectivity index (χ1n) is 12.5. The summed E-state index contributed by atoms with van der Waals surface area (Å²) in [6, 6.07) is 15.4. The Morgan fingerprint density at radius 2 is 1.50 bits per heavy atom. The molecule has 0 bridgehead atoms. The van der Waals surface area contributed by atoms with E-state index in [2.05, 4.69) is 41.4 Å². The minimum absolute atomic E-state index is 0.00831. The summed E-state index contributed by atoms with van der Waals surface area (Å²) >= 11 is 0. The molecule has 34 heavy (non-hydrogen) atoms. The molecule has 7 heteroatoms. The van der Waals surface area contributed by atoms with Crippen LogP contribution in [-0.4, -0.2) is 44.8 Å². The van der Waals surface area contributed by atoms with Gasteiger partial charge in [0.15, 0.2) is 0 Å². The first-order valence-corrected chi connectivity index (χ1v) is 13.9. The number of benzene rings is 2. The molecule has 6 nitrogen and oxygen atoms in total. The number of sulfonamides is 1. The van der Waals surface area contributed by atoms with Crippen LogP contribution in [0, 0.1) is 18.8 Å². The third kappa shape index (κ3) is 5.63. The third-order valence-corrected chi connectivity index (χ3v) is 9.30. The molecule has 2 aromatic carbocycles. The van der Waals surface area contributed by atoms with Gasteiger partial charge in [0.1, 0.15) is 0 Å². The van der Waals surface area contributed by atoms with Crippen molar-refractivity contribution in [3.8, 4) is 0 Å². The Kier molecular flexibility index (Phi) is 7.63. The molecule has 4 rings (SSSR count). The van der Waals surface area contributed by atoms with Crippen molar-refractivity contribution in [2.24, 2.45) is 11.8 Å². The van der Waals surface area contributed by atoms with Crippen LogP contribution in [0.2, 0.25) is 0 Å². The molecule has 2 heterocycles. The topological polar surface area (TPSA) is 69.7 Å². The lowest BCUT2D eigenvalue weighted by atomic mass is 9.96. The SMILES string of the molecule is Cc1ccc(S(=O)(=O)N2CCC(C(=O)N[C@@H](C)c3ccc(N4CCC(C)CC4)cc3)CC2)cc1. The fraction of sp³-hybridized carbons (Fsp3) is 0.519. The van der Waals surface area contributed by atoms with Gasteiger partial charge in [0, 0.05) is 37.8 Å². The smallest absolute Gasteiger partial charge is 0.243 e. The first-order chi connectivity index (χ1) is 16.2. The van der Waals surface area contributed by atoms with E-state index in [9.17, 15) is 13.2 Å². The Hall–Kier alpha value is -2.38. The number of piperidine rings is 2. The van der Waals surface area contributed by atoms with Crippen LogP contribution in [0.5, 0.6) is 0 Å². The van der Waals surface area contributed by atoms with Crippen LogP contribution in [0.25, 0.3) is 0 Å². The van der Waals surface area contributed by atoms with Crippen LogP contribution < -0.4 is 10.2 Å². The van der Waals surface area contributed by atoms with Crippen molar-refractivity contribution < 1.29 is 13.2 Å². The van der Waals surface area contributed by atoms with E-state index >= 15 is 0 Å². The highest BCUT2D eigenvalue weighted by Gasteiger charge is 2.32. The Balaban J connectivity index is 1.29. The van der Waals surface area contributed by atoms with Crippen molar-refractivity contribution in [1.82, 2.24) is 9.62 Å². The molecule has 1 N–H and O–H groups in total. The number of anilines is 1. The predicted molar refractivity (Wildman–Crippen MR) is 136 cm³/mol. The van der Waals surface area contributed by atoms with E-state index in [4.69, 9.17) is 0 Å². The van der Waals surface area contributed by atoms with Crippen LogP contribution in [0.15, 0.2) is 53.4 Å². The molecule has 1 amide bonds. The second-order valence-corrected chi connectivity index (χ2v) is 11.9. The van der Waals surface area contributed by atoms with Gasteiger partial charge in [0.05, 0.1) is 10.9 Å². The molecule has 0 unspecified atom stereocenters. The van der Waals surface area contributed by atoms with Gasteiger partial charge in [-0.15, -0.1) is 0 Å². The number of amides is 1. The van der Waals surface area contributed by atoms with Crippen LogP contribution in [0.3, 0.4) is 0 Å². The van der Waals surface area contributed by atoms with Gasteiger partial charge in [-0.1, -0.05) is 36.8 Å². The summed E-state index contributed by atoms with van der Waals surface area (Å²) in [6.45, 7) is 9.20. The fourth-order valence-corrected chi connectivity index (χ4v) is 6.34. The maximum absolute atomic E-state index is 12.9. The summed E-state index contributed by atoms with van der Waals surface area (Å²) < 4.78 is 27.3. The van der Waals surface area contributed by atoms with E-state index in [0.717, 1.165) is 30.1 Å². The number of carbonyl (C=O) groups excluding carboxylic acids is 1. The standard InChI is InChI=1S/C27H37N3O3S/c1-20-4-10-26(11-5-20)34(32,33)30-18-14-24(15-19-30)27(31)28-22(3)23-6-8-25(9-7-23)29-16-12-21(2)13-17-29/h4-11,21-22,24H,12-19H2,1-3H3,(H,28,31)/t22-/m0/s1. The van der Waals surface area contributed by atoms with Crippen molar-refractivity contribution in [2.45, 2.75) is 57.4 Å². The molecule has 0 spiro atoms. The molecule has 0 radical (unpaired) electrons. The van der Waals surface area contributed by atoms with Crippen LogP contribution in [0.1, 0.15) is 56.7 Å². The molecular weight excluding hydrogens is 446 g/mol. The first kappa shape index (κ1) is 24.7. The minimum atomic E-state index is -3.51. The number of aryl methyl sites for hydroxylation is 1. The number of nitrogens with one attached hydrogen (secondary N) is 1. The van der Waals surface area contributed by atoms with Crippen molar-refractivity contribution in [1.29, 1.82) is 0 Å². The molecule has 2 aliphatic heterocycles. The van der Waals surface area contributed by atoms with Crippen LogP contribution in [0.4, 0.5) is 5.69 Å². The van der Waals surface area contributed by atoms with E-state index in [1.165, 1.54) is 22.8 Å². The zero-order chi connectivity index (χ0) is 24.3. The summed E-state index contributed by atoms with van der Waals surface area (Å²) in [5, 5.41) is 3.14. The predicted octanol–water partition coefficient (Wildman–Crippen LogP) is 4.51. The molecule has 184 valence electrons. The number of hydrogen-bond donors (Lipinski definition) is 1. The van der Waals surface area contributed by atoms with Gasteiger partial charge in [-0.25, -0.2) is 8.42 Å². The van der Waals surface area contributed by atoms with Crippen molar-refractivity contribution >= 4 is 21.6 Å². The summed E-state index contributed by atoms with van der Waals surface area (Å²) in [7, 11) is -3.51. The Labute approximate surface area is 204 Å². The number of carbonyl (C=O) groups is 1. The van der Waals surface area contributed by atoms with Gasteiger partial charge in [-0.05, 0) is 75.3 Å². The molecule has 2 fully saturated rings. The molecule has 0 saturated carbocycles. The Morgan fingerprint density at radius 3 is 2.09 bits per heavy atom. The second kappa shape index (κ2) is 10.5. The molecule has 0 aromatic heterocycles. The molecule has 2 saturated heterocycles. The Bertz CT molecular complexity index is 1070. The van der Waals surface area contributed by atoms with Crippen molar-refractivity contribution in [3.05, 3.63) is 59.7 Å². The van der Waals surface area contributed by atoms with Crippen molar-refractivity contribution in [2.75, 3.05) is 31.1 Å². The largest absolute Gasteiger partial charge is 0.372 e. The number of nitrogens with zero attached hydrogens (tertiary/aromatic N) is 2. The average Bonchev–Trinajstić information content (AvgIpc) is 2.85. The summed E-state index contributed by atoms with van der Waals surface area (Å²) in [5.41, 5.74) is 3.36. The minimum Gasteiger partial charge on any atom is -0.372 e. The highest BCUT2D eigenvalue weighted by molar-refractivity contribution is 7.89. The zero-order valence-electron chi connectivity index (χ0n) is 20.5. The van der Waals surface area contributed by atoms with E-state index in [0.29, 0.717) is 30.8 Å². The molecular formula is C27H37N3O3S. The molecule has 2 aliphatic rings. The normalized spacial score (nSPS) is 19.7. The summed E-state index contributed by atoms with van der Waals surface area (Å²) in [6.07, 6.45) is 3.55. The zero-order valence-corrected chi connectivity index (χ0v) is 21.4. The van der Waals surface area contributed by atoms with Gasteiger partial charge < -0.3 is 10.2 Å². The highest BCUT2D eigenvalue weighted by atomic mass is 32.2. The maximum atomic E-state index is 12.9. The van der Waals surface area contributed by atoms with Gasteiger partial charge in [-0.3, -0.25) is 4.79 Å². The quantitative estimate of drug-likeness (QED) is 0.656. The average molecular weight is 484 g/mol. The lowest BCUT2D eigenvalue weighted by Gasteiger charge is -2.32. The number of rotatable bonds is 6. The van der Waals surface area contributed by atoms with Crippen molar-refractivity contribution in [3.63, 3.8) is 0 Å². The van der Waals surface area contributed by atoms with Gasteiger partial charge in [-0.2, -0.15) is 4.31 Å². The number of hydrogen-bond acceptors (Lipinski definition) is 4. The molecule has 2 aromatic rings. The third-order valence-electron chi connectivity index (χ3n) is 7.38. The van der Waals surface area contributed by atoms with E-state index in [1.54, 1.807) is 12.1 Å². The van der Waals surface area contributed by atoms with Crippen LogP contribution >= 0.6 is 0 Å². The lowest BCUT2D eigenvalue weighted by Crippen LogP contribution is -2.43. The van der Waals surface area contributed by atoms with E-state index < -0.39 is 10.0 Å². The van der Waals surface area contributed by atoms with Gasteiger partial charge in [0.2, 0.25) is 15.9 Å². The van der Waals surface area contributed by atoms with E-state index in [-0.39, 0.29) is 17.9 Å². The monoisotopic (exact) mass is 483 g/mol. The Morgan fingerprint density at radius 1 is 0.912 bits per heavy atom. The summed E-state index contributed by atoms with van der Waals surface area (Å²) in [5.74, 6) is 0.649. The fourth-order valence-electron chi connectivity index (χ4n) is 4.87. The highest BCUT2D eigenvalue weighted by Crippen LogP contribution is 2.27. The summed E-state index contributed by atoms with van der Waals surface area (Å²) in [4.78, 5) is 15.7. The second-order valence-electron chi connectivity index (χ2n) is 9.98.